The van der Waals surface area contributed by atoms with Crippen LogP contribution in [-0.2, 0) is 9.84 Å². The molecule has 0 saturated carbocycles. The van der Waals surface area contributed by atoms with Crippen LogP contribution in [0.4, 0.5) is 5.88 Å². The molecule has 7 nitrogen and oxygen atoms in total. The molecule has 0 spiro atoms. The highest BCUT2D eigenvalue weighted by Gasteiger charge is 2.32. The number of hydrogen-bond acceptors (Lipinski definition) is 7. The predicted octanol–water partition coefficient (Wildman–Crippen LogP) is 4.33. The third-order valence-corrected chi connectivity index (χ3v) is 7.22. The van der Waals surface area contributed by atoms with Crippen LogP contribution in [-0.4, -0.2) is 39.7 Å². The number of sulfone groups is 1. The second-order valence-corrected chi connectivity index (χ2v) is 9.57. The van der Waals surface area contributed by atoms with Gasteiger partial charge in [-0.15, -0.1) is 0 Å². The molecule has 0 bridgehead atoms. The van der Waals surface area contributed by atoms with E-state index in [4.69, 9.17) is 13.9 Å². The van der Waals surface area contributed by atoms with Crippen molar-refractivity contribution in [2.75, 3.05) is 31.2 Å². The van der Waals surface area contributed by atoms with Crippen LogP contribution in [0.3, 0.4) is 0 Å². The number of ether oxygens (including phenoxy) is 2. The van der Waals surface area contributed by atoms with Crippen LogP contribution in [0.5, 0.6) is 11.5 Å². The van der Waals surface area contributed by atoms with E-state index in [1.165, 1.54) is 12.1 Å². The van der Waals surface area contributed by atoms with Gasteiger partial charge in [0.15, 0.2) is 11.5 Å². The van der Waals surface area contributed by atoms with Crippen molar-refractivity contribution in [3.63, 3.8) is 0 Å². The van der Waals surface area contributed by atoms with Crippen LogP contribution < -0.4 is 14.4 Å². The van der Waals surface area contributed by atoms with E-state index in [-0.39, 0.29) is 9.92 Å². The van der Waals surface area contributed by atoms with Gasteiger partial charge in [-0.05, 0) is 37.1 Å². The van der Waals surface area contributed by atoms with E-state index in [0.29, 0.717) is 36.5 Å². The molecule has 3 aromatic rings. The van der Waals surface area contributed by atoms with Gasteiger partial charge in [0.05, 0.1) is 4.90 Å². The van der Waals surface area contributed by atoms with Gasteiger partial charge >= 0.3 is 0 Å². The molecule has 0 atom stereocenters. The molecule has 1 aromatic heterocycles. The van der Waals surface area contributed by atoms with Crippen LogP contribution >= 0.6 is 0 Å². The standard InChI is InChI=1S/C23H24N2O5S/c26-31(27,18-10-11-19-20(16-18)29-15-14-28-19)22-23(25-12-6-1-2-7-13-25)30-21(24-22)17-8-4-3-5-9-17/h3-5,8-11,16H,1-2,6-7,12-15H2. The molecule has 8 heteroatoms. The fourth-order valence-corrected chi connectivity index (χ4v) is 5.29. The average molecular weight is 441 g/mol. The summed E-state index contributed by atoms with van der Waals surface area (Å²) in [4.78, 5) is 6.60. The minimum absolute atomic E-state index is 0.0510. The summed E-state index contributed by atoms with van der Waals surface area (Å²) in [6.07, 6.45) is 4.23. The van der Waals surface area contributed by atoms with E-state index < -0.39 is 9.84 Å². The Balaban J connectivity index is 1.61. The van der Waals surface area contributed by atoms with Gasteiger partial charge in [0.25, 0.3) is 0 Å². The number of aromatic nitrogens is 1. The monoisotopic (exact) mass is 440 g/mol. The Morgan fingerprint density at radius 3 is 2.29 bits per heavy atom. The van der Waals surface area contributed by atoms with Gasteiger partial charge in [-0.25, -0.2) is 8.42 Å². The maximum Gasteiger partial charge on any atom is 0.236 e. The minimum atomic E-state index is -3.93. The predicted molar refractivity (Wildman–Crippen MR) is 116 cm³/mol. The van der Waals surface area contributed by atoms with Crippen LogP contribution in [0.2, 0.25) is 0 Å². The Hall–Kier alpha value is -3.00. The van der Waals surface area contributed by atoms with Gasteiger partial charge in [0.1, 0.15) is 13.2 Å². The van der Waals surface area contributed by atoms with Crippen LogP contribution in [0.15, 0.2) is 62.9 Å². The van der Waals surface area contributed by atoms with Crippen molar-refractivity contribution in [3.8, 4) is 23.0 Å². The summed E-state index contributed by atoms with van der Waals surface area (Å²) in [7, 11) is -3.93. The van der Waals surface area contributed by atoms with E-state index in [1.54, 1.807) is 6.07 Å². The molecule has 0 amide bonds. The number of benzene rings is 2. The second kappa shape index (κ2) is 8.26. The SMILES string of the molecule is O=S(=O)(c1ccc2c(c1)OCCO2)c1nc(-c2ccccc2)oc1N1CCCCCC1. The topological polar surface area (TPSA) is 81.9 Å². The summed E-state index contributed by atoms with van der Waals surface area (Å²) in [5, 5.41) is -0.0510. The molecule has 1 fully saturated rings. The maximum absolute atomic E-state index is 13.7. The molecule has 3 heterocycles. The van der Waals surface area contributed by atoms with E-state index in [9.17, 15) is 8.42 Å². The summed E-state index contributed by atoms with van der Waals surface area (Å²) in [6.45, 7) is 2.32. The number of anilines is 1. The summed E-state index contributed by atoms with van der Waals surface area (Å²) >= 11 is 0. The molecule has 1 saturated heterocycles. The molecule has 2 aliphatic heterocycles. The van der Waals surface area contributed by atoms with Crippen molar-refractivity contribution in [3.05, 3.63) is 48.5 Å². The van der Waals surface area contributed by atoms with Gasteiger partial charge in [0, 0.05) is 24.7 Å². The van der Waals surface area contributed by atoms with Gasteiger partial charge < -0.3 is 18.8 Å². The number of rotatable bonds is 4. The zero-order valence-electron chi connectivity index (χ0n) is 17.1. The van der Waals surface area contributed by atoms with Crippen LogP contribution in [0.1, 0.15) is 25.7 Å². The molecule has 162 valence electrons. The molecule has 0 unspecified atom stereocenters. The number of fused-ring (bicyclic) bond motifs is 1. The zero-order valence-corrected chi connectivity index (χ0v) is 17.9. The van der Waals surface area contributed by atoms with Gasteiger partial charge in [-0.3, -0.25) is 0 Å². The Morgan fingerprint density at radius 1 is 0.839 bits per heavy atom. The molecular formula is C23H24N2O5S. The lowest BCUT2D eigenvalue weighted by atomic mass is 10.2. The first-order valence-electron chi connectivity index (χ1n) is 10.6. The first-order valence-corrected chi connectivity index (χ1v) is 12.1. The largest absolute Gasteiger partial charge is 0.486 e. The molecular weight excluding hydrogens is 416 g/mol. The number of hydrogen-bond donors (Lipinski definition) is 0. The lowest BCUT2D eigenvalue weighted by molar-refractivity contribution is 0.171. The Kier molecular flexibility index (Phi) is 5.31. The normalized spacial score (nSPS) is 16.7. The lowest BCUT2D eigenvalue weighted by Crippen LogP contribution is -2.25. The van der Waals surface area contributed by atoms with E-state index in [1.807, 2.05) is 35.2 Å². The van der Waals surface area contributed by atoms with Crippen molar-refractivity contribution < 1.29 is 22.3 Å². The van der Waals surface area contributed by atoms with Gasteiger partial charge in [-0.1, -0.05) is 31.0 Å². The van der Waals surface area contributed by atoms with Crippen molar-refractivity contribution >= 4 is 15.7 Å². The Labute approximate surface area is 181 Å². The third kappa shape index (κ3) is 3.87. The number of nitrogens with zero attached hydrogens (tertiary/aromatic N) is 2. The van der Waals surface area contributed by atoms with Crippen molar-refractivity contribution in [1.29, 1.82) is 0 Å². The van der Waals surface area contributed by atoms with E-state index in [2.05, 4.69) is 4.98 Å². The Bertz CT molecular complexity index is 1170. The fraction of sp³-hybridized carbons (Fsp3) is 0.348. The molecule has 2 aliphatic rings. The summed E-state index contributed by atoms with van der Waals surface area (Å²) in [6, 6.07) is 14.0. The maximum atomic E-state index is 13.7. The minimum Gasteiger partial charge on any atom is -0.486 e. The van der Waals surface area contributed by atoms with Crippen molar-refractivity contribution in [2.45, 2.75) is 35.6 Å². The molecule has 0 aliphatic carbocycles. The fourth-order valence-electron chi connectivity index (χ4n) is 3.95. The highest BCUT2D eigenvalue weighted by atomic mass is 32.2. The average Bonchev–Trinajstić information content (AvgIpc) is 3.09. The molecule has 0 radical (unpaired) electrons. The van der Waals surface area contributed by atoms with Crippen LogP contribution in [0, 0.1) is 0 Å². The first kappa shape index (κ1) is 19.9. The third-order valence-electron chi connectivity index (χ3n) is 5.57. The van der Waals surface area contributed by atoms with Crippen molar-refractivity contribution in [1.82, 2.24) is 4.98 Å². The zero-order chi connectivity index (χ0) is 21.3. The van der Waals surface area contributed by atoms with E-state index >= 15 is 0 Å². The smallest absolute Gasteiger partial charge is 0.236 e. The summed E-state index contributed by atoms with van der Waals surface area (Å²) < 4.78 is 44.6. The summed E-state index contributed by atoms with van der Waals surface area (Å²) in [5.41, 5.74) is 0.738. The van der Waals surface area contributed by atoms with Gasteiger partial charge in [-0.2, -0.15) is 4.98 Å². The molecule has 5 rings (SSSR count). The highest BCUT2D eigenvalue weighted by molar-refractivity contribution is 7.91. The first-order chi connectivity index (χ1) is 15.1. The summed E-state index contributed by atoms with van der Waals surface area (Å²) in [5.74, 6) is 1.59. The van der Waals surface area contributed by atoms with Crippen LogP contribution in [0.25, 0.3) is 11.5 Å². The lowest BCUT2D eigenvalue weighted by Gasteiger charge is -2.21. The van der Waals surface area contributed by atoms with E-state index in [0.717, 1.165) is 44.3 Å². The second-order valence-electron chi connectivity index (χ2n) is 7.71. The quantitative estimate of drug-likeness (QED) is 0.597. The molecule has 31 heavy (non-hydrogen) atoms. The van der Waals surface area contributed by atoms with Crippen molar-refractivity contribution in [2.24, 2.45) is 0 Å². The van der Waals surface area contributed by atoms with Gasteiger partial charge in [0.2, 0.25) is 26.6 Å². The molecule has 0 N–H and O–H groups in total. The highest BCUT2D eigenvalue weighted by Crippen LogP contribution is 2.38. The Morgan fingerprint density at radius 2 is 1.55 bits per heavy atom. The number of oxazole rings is 1. The molecule has 2 aromatic carbocycles.